The average molecular weight is 420 g/mol. The predicted molar refractivity (Wildman–Crippen MR) is 106 cm³/mol. The van der Waals surface area contributed by atoms with Crippen molar-refractivity contribution >= 4 is 39.1 Å². The predicted octanol–water partition coefficient (Wildman–Crippen LogP) is 5.49. The molecule has 0 saturated carbocycles. The Morgan fingerprint density at radius 1 is 1.20 bits per heavy atom. The van der Waals surface area contributed by atoms with Crippen molar-refractivity contribution in [2.24, 2.45) is 5.10 Å². The zero-order valence-corrected chi connectivity index (χ0v) is 16.6. The molecule has 0 aliphatic carbocycles. The van der Waals surface area contributed by atoms with E-state index in [0.717, 1.165) is 21.3 Å². The van der Waals surface area contributed by atoms with Crippen molar-refractivity contribution in [3.05, 3.63) is 69.7 Å². The molecule has 1 amide bonds. The fourth-order valence-electron chi connectivity index (χ4n) is 2.98. The molecule has 1 aliphatic heterocycles. The second-order valence-corrected chi connectivity index (χ2v) is 7.65. The molecular formula is C20H20BrClN2O. The first-order valence-corrected chi connectivity index (χ1v) is 9.63. The van der Waals surface area contributed by atoms with Crippen LogP contribution in [-0.2, 0) is 4.79 Å². The summed E-state index contributed by atoms with van der Waals surface area (Å²) in [6, 6.07) is 16.3. The lowest BCUT2D eigenvalue weighted by Gasteiger charge is -2.21. The number of amides is 1. The van der Waals surface area contributed by atoms with E-state index in [-0.39, 0.29) is 17.8 Å². The molecule has 0 spiro atoms. The Labute approximate surface area is 161 Å². The smallest absolute Gasteiger partial charge is 0.258 e. The van der Waals surface area contributed by atoms with E-state index in [1.165, 1.54) is 10.6 Å². The Morgan fingerprint density at radius 3 is 2.40 bits per heavy atom. The van der Waals surface area contributed by atoms with Crippen LogP contribution >= 0.6 is 27.5 Å². The summed E-state index contributed by atoms with van der Waals surface area (Å²) in [5.74, 6) is 0.239. The molecule has 0 saturated heterocycles. The third kappa shape index (κ3) is 3.96. The lowest BCUT2D eigenvalue weighted by Crippen LogP contribution is -2.27. The summed E-state index contributed by atoms with van der Waals surface area (Å²) in [6.07, 6.45) is 0.686. The molecule has 0 aromatic heterocycles. The van der Waals surface area contributed by atoms with E-state index in [4.69, 9.17) is 11.6 Å². The van der Waals surface area contributed by atoms with E-state index in [2.05, 4.69) is 59.1 Å². The van der Waals surface area contributed by atoms with Crippen molar-refractivity contribution in [3.8, 4) is 0 Å². The summed E-state index contributed by atoms with van der Waals surface area (Å²) in [5, 5.41) is 6.12. The van der Waals surface area contributed by atoms with Gasteiger partial charge in [-0.1, -0.05) is 66.2 Å². The normalized spacial score (nSPS) is 17.1. The summed E-state index contributed by atoms with van der Waals surface area (Å²) >= 11 is 9.24. The third-order valence-electron chi connectivity index (χ3n) is 4.45. The highest BCUT2D eigenvalue weighted by atomic mass is 79.9. The lowest BCUT2D eigenvalue weighted by atomic mass is 9.96. The van der Waals surface area contributed by atoms with Gasteiger partial charge in [-0.15, -0.1) is 11.6 Å². The standard InChI is InChI=1S/C20H20BrClN2O/c1-13(2)14-3-5-15(6-4-14)18-11-19(24(23-18)20(25)12-22)16-7-9-17(21)10-8-16/h3-10,13,19H,11-12H2,1-2H3. The van der Waals surface area contributed by atoms with Gasteiger partial charge in [0.25, 0.3) is 5.91 Å². The number of alkyl halides is 1. The molecule has 1 unspecified atom stereocenters. The first-order valence-electron chi connectivity index (χ1n) is 8.31. The molecule has 2 aromatic rings. The molecule has 25 heavy (non-hydrogen) atoms. The highest BCUT2D eigenvalue weighted by molar-refractivity contribution is 9.10. The van der Waals surface area contributed by atoms with Crippen LogP contribution in [0.2, 0.25) is 0 Å². The molecule has 3 rings (SSSR count). The van der Waals surface area contributed by atoms with Crippen LogP contribution in [0.3, 0.4) is 0 Å². The van der Waals surface area contributed by atoms with Gasteiger partial charge in [0, 0.05) is 10.9 Å². The van der Waals surface area contributed by atoms with E-state index >= 15 is 0 Å². The van der Waals surface area contributed by atoms with Gasteiger partial charge in [-0.05, 0) is 34.7 Å². The van der Waals surface area contributed by atoms with Gasteiger partial charge in [0.2, 0.25) is 0 Å². The van der Waals surface area contributed by atoms with Crippen molar-refractivity contribution in [2.45, 2.75) is 32.2 Å². The fourth-order valence-corrected chi connectivity index (χ4v) is 3.37. The second-order valence-electron chi connectivity index (χ2n) is 6.47. The van der Waals surface area contributed by atoms with Crippen LogP contribution in [0.15, 0.2) is 58.1 Å². The van der Waals surface area contributed by atoms with Gasteiger partial charge >= 0.3 is 0 Å². The Kier molecular flexibility index (Phi) is 5.60. The van der Waals surface area contributed by atoms with Gasteiger partial charge in [-0.3, -0.25) is 4.79 Å². The number of halogens is 2. The topological polar surface area (TPSA) is 32.7 Å². The maximum atomic E-state index is 12.3. The van der Waals surface area contributed by atoms with E-state index < -0.39 is 0 Å². The molecule has 0 bridgehead atoms. The van der Waals surface area contributed by atoms with Crippen molar-refractivity contribution in [2.75, 3.05) is 5.88 Å². The van der Waals surface area contributed by atoms with Gasteiger partial charge in [-0.25, -0.2) is 5.01 Å². The minimum Gasteiger partial charge on any atom is -0.272 e. The summed E-state index contributed by atoms with van der Waals surface area (Å²) < 4.78 is 1.01. The van der Waals surface area contributed by atoms with E-state index in [1.54, 1.807) is 0 Å². The molecule has 5 heteroatoms. The maximum absolute atomic E-state index is 12.3. The van der Waals surface area contributed by atoms with Crippen LogP contribution in [0.5, 0.6) is 0 Å². The average Bonchev–Trinajstić information content (AvgIpc) is 3.07. The van der Waals surface area contributed by atoms with Crippen molar-refractivity contribution in [1.29, 1.82) is 0 Å². The summed E-state index contributed by atoms with van der Waals surface area (Å²) in [7, 11) is 0. The summed E-state index contributed by atoms with van der Waals surface area (Å²) in [5.41, 5.74) is 4.32. The molecule has 2 aromatic carbocycles. The molecule has 1 aliphatic rings. The van der Waals surface area contributed by atoms with E-state index in [9.17, 15) is 4.79 Å². The van der Waals surface area contributed by atoms with Gasteiger partial charge in [0.05, 0.1) is 11.8 Å². The Bertz CT molecular complexity index is 784. The number of nitrogens with zero attached hydrogens (tertiary/aromatic N) is 2. The highest BCUT2D eigenvalue weighted by Crippen LogP contribution is 2.33. The Balaban J connectivity index is 1.90. The van der Waals surface area contributed by atoms with Gasteiger partial charge in [0.1, 0.15) is 5.88 Å². The molecule has 3 nitrogen and oxygen atoms in total. The zero-order valence-electron chi connectivity index (χ0n) is 14.2. The third-order valence-corrected chi connectivity index (χ3v) is 5.20. The van der Waals surface area contributed by atoms with Gasteiger partial charge in [-0.2, -0.15) is 5.10 Å². The fraction of sp³-hybridized carbons (Fsp3) is 0.300. The molecule has 1 heterocycles. The van der Waals surface area contributed by atoms with E-state index in [0.29, 0.717) is 12.3 Å². The SMILES string of the molecule is CC(C)c1ccc(C2=NN(C(=O)CCl)C(c3ccc(Br)cc3)C2)cc1. The molecule has 1 atom stereocenters. The van der Waals surface area contributed by atoms with Crippen LogP contribution in [0.25, 0.3) is 0 Å². The number of hydrogen-bond acceptors (Lipinski definition) is 2. The minimum absolute atomic E-state index is 0.0733. The number of carbonyl (C=O) groups excluding carboxylic acids is 1. The highest BCUT2D eigenvalue weighted by Gasteiger charge is 2.32. The first kappa shape index (κ1) is 18.2. The van der Waals surface area contributed by atoms with Crippen LogP contribution in [0, 0.1) is 0 Å². The van der Waals surface area contributed by atoms with Crippen LogP contribution in [0.4, 0.5) is 0 Å². The Hall–Kier alpha value is -1.65. The van der Waals surface area contributed by atoms with Gasteiger partial charge < -0.3 is 0 Å². The first-order chi connectivity index (χ1) is 12.0. The van der Waals surface area contributed by atoms with Crippen LogP contribution in [0.1, 0.15) is 48.9 Å². The Morgan fingerprint density at radius 2 is 1.84 bits per heavy atom. The zero-order chi connectivity index (χ0) is 18.0. The monoisotopic (exact) mass is 418 g/mol. The summed E-state index contributed by atoms with van der Waals surface area (Å²) in [4.78, 5) is 12.3. The molecular weight excluding hydrogens is 400 g/mol. The number of rotatable bonds is 4. The quantitative estimate of drug-likeness (QED) is 0.603. The molecule has 0 fully saturated rings. The van der Waals surface area contributed by atoms with Crippen molar-refractivity contribution < 1.29 is 4.79 Å². The number of carbonyl (C=O) groups is 1. The largest absolute Gasteiger partial charge is 0.272 e. The van der Waals surface area contributed by atoms with E-state index in [1.807, 2.05) is 24.3 Å². The second kappa shape index (κ2) is 7.71. The van der Waals surface area contributed by atoms with Crippen LogP contribution in [-0.4, -0.2) is 22.5 Å². The number of benzene rings is 2. The van der Waals surface area contributed by atoms with Crippen molar-refractivity contribution in [3.63, 3.8) is 0 Å². The van der Waals surface area contributed by atoms with Gasteiger partial charge in [0.15, 0.2) is 0 Å². The summed E-state index contributed by atoms with van der Waals surface area (Å²) in [6.45, 7) is 4.35. The lowest BCUT2D eigenvalue weighted by molar-refractivity contribution is -0.130. The maximum Gasteiger partial charge on any atom is 0.258 e. The number of hydrazone groups is 1. The van der Waals surface area contributed by atoms with Crippen LogP contribution < -0.4 is 0 Å². The molecule has 130 valence electrons. The number of hydrogen-bond donors (Lipinski definition) is 0. The molecule has 0 radical (unpaired) electrons. The molecule has 0 N–H and O–H groups in total. The van der Waals surface area contributed by atoms with Crippen molar-refractivity contribution in [1.82, 2.24) is 5.01 Å². The minimum atomic E-state index is -0.177.